The summed E-state index contributed by atoms with van der Waals surface area (Å²) in [5.74, 6) is 0.786. The first kappa shape index (κ1) is 14.5. The van der Waals surface area contributed by atoms with Gasteiger partial charge in [-0.3, -0.25) is 14.5 Å². The molecule has 1 saturated carbocycles. The molecule has 108 valence electrons. The van der Waals surface area contributed by atoms with Gasteiger partial charge in [-0.2, -0.15) is 0 Å². The number of carbonyl (C=O) groups is 2. The summed E-state index contributed by atoms with van der Waals surface area (Å²) in [6.45, 7) is 3.73. The maximum atomic E-state index is 12.2. The number of imide groups is 1. The first-order valence-electron chi connectivity index (χ1n) is 7.40. The van der Waals surface area contributed by atoms with E-state index in [2.05, 4.69) is 11.8 Å². The molecule has 1 spiro atoms. The van der Waals surface area contributed by atoms with Gasteiger partial charge in [-0.05, 0) is 51.2 Å². The Hall–Kier alpha value is -0.900. The molecule has 1 aliphatic heterocycles. The van der Waals surface area contributed by atoms with Crippen molar-refractivity contribution in [1.82, 2.24) is 9.80 Å². The highest BCUT2D eigenvalue weighted by atomic mass is 16.2. The third-order valence-electron chi connectivity index (χ3n) is 4.59. The van der Waals surface area contributed by atoms with Crippen LogP contribution in [0.5, 0.6) is 0 Å². The second kappa shape index (κ2) is 5.61. The van der Waals surface area contributed by atoms with Crippen molar-refractivity contribution in [3.05, 3.63) is 0 Å². The van der Waals surface area contributed by atoms with E-state index in [9.17, 15) is 9.59 Å². The standard InChI is InChI=1S/C15H26N2O2/c1-12-5-6-15(9-12)10-13(18)17(14(19)11-15)8-4-7-16(2)3/h12H,4-11H2,1-3H3/t12-/m0/s1. The van der Waals surface area contributed by atoms with Crippen LogP contribution in [-0.4, -0.2) is 48.8 Å². The zero-order chi connectivity index (χ0) is 14.0. The lowest BCUT2D eigenvalue weighted by Gasteiger charge is -2.37. The van der Waals surface area contributed by atoms with Gasteiger partial charge in [-0.1, -0.05) is 13.3 Å². The van der Waals surface area contributed by atoms with Crippen LogP contribution in [-0.2, 0) is 9.59 Å². The Morgan fingerprint density at radius 3 is 2.37 bits per heavy atom. The fraction of sp³-hybridized carbons (Fsp3) is 0.867. The molecule has 0 aromatic heterocycles. The first-order valence-corrected chi connectivity index (χ1v) is 7.40. The van der Waals surface area contributed by atoms with Gasteiger partial charge in [0.15, 0.2) is 0 Å². The smallest absolute Gasteiger partial charge is 0.229 e. The number of nitrogens with zero attached hydrogens (tertiary/aromatic N) is 2. The van der Waals surface area contributed by atoms with Crippen LogP contribution in [0.25, 0.3) is 0 Å². The van der Waals surface area contributed by atoms with Gasteiger partial charge in [0.2, 0.25) is 11.8 Å². The minimum absolute atomic E-state index is 0.00559. The molecule has 2 aliphatic rings. The third kappa shape index (κ3) is 3.35. The summed E-state index contributed by atoms with van der Waals surface area (Å²) >= 11 is 0. The summed E-state index contributed by atoms with van der Waals surface area (Å²) in [5, 5.41) is 0. The molecule has 1 atom stereocenters. The highest BCUT2D eigenvalue weighted by molar-refractivity contribution is 5.98. The van der Waals surface area contributed by atoms with E-state index in [0.29, 0.717) is 25.3 Å². The van der Waals surface area contributed by atoms with Crippen molar-refractivity contribution in [3.8, 4) is 0 Å². The molecule has 0 bridgehead atoms. The zero-order valence-electron chi connectivity index (χ0n) is 12.4. The number of rotatable bonds is 4. The van der Waals surface area contributed by atoms with Crippen molar-refractivity contribution in [1.29, 1.82) is 0 Å². The maximum Gasteiger partial charge on any atom is 0.229 e. The molecule has 1 heterocycles. The van der Waals surface area contributed by atoms with Crippen molar-refractivity contribution in [2.24, 2.45) is 11.3 Å². The van der Waals surface area contributed by atoms with Gasteiger partial charge in [0, 0.05) is 19.4 Å². The van der Waals surface area contributed by atoms with Crippen molar-refractivity contribution >= 4 is 11.8 Å². The van der Waals surface area contributed by atoms with Gasteiger partial charge < -0.3 is 4.90 Å². The highest BCUT2D eigenvalue weighted by Crippen LogP contribution is 2.49. The van der Waals surface area contributed by atoms with Crippen molar-refractivity contribution in [3.63, 3.8) is 0 Å². The van der Waals surface area contributed by atoms with E-state index in [1.807, 2.05) is 14.1 Å². The summed E-state index contributed by atoms with van der Waals surface area (Å²) < 4.78 is 0. The van der Waals surface area contributed by atoms with E-state index in [-0.39, 0.29) is 17.2 Å². The zero-order valence-corrected chi connectivity index (χ0v) is 12.4. The van der Waals surface area contributed by atoms with Gasteiger partial charge in [0.05, 0.1) is 0 Å². The lowest BCUT2D eigenvalue weighted by atomic mass is 9.75. The SMILES string of the molecule is C[C@H]1CCC2(CC(=O)N(CCCN(C)C)C(=O)C2)C1. The predicted octanol–water partition coefficient (Wildman–Crippen LogP) is 1.89. The number of piperidine rings is 1. The number of carbonyl (C=O) groups excluding carboxylic acids is 2. The summed E-state index contributed by atoms with van der Waals surface area (Å²) in [5.41, 5.74) is 0.00559. The fourth-order valence-electron chi connectivity index (χ4n) is 3.65. The molecular weight excluding hydrogens is 240 g/mol. The van der Waals surface area contributed by atoms with Gasteiger partial charge in [-0.15, -0.1) is 0 Å². The van der Waals surface area contributed by atoms with E-state index in [1.54, 1.807) is 0 Å². The van der Waals surface area contributed by atoms with Crippen LogP contribution in [0.1, 0.15) is 45.4 Å². The Kier molecular flexibility index (Phi) is 4.29. The van der Waals surface area contributed by atoms with Crippen LogP contribution in [0.3, 0.4) is 0 Å². The van der Waals surface area contributed by atoms with Crippen molar-refractivity contribution in [2.75, 3.05) is 27.2 Å². The van der Waals surface area contributed by atoms with E-state index < -0.39 is 0 Å². The lowest BCUT2D eigenvalue weighted by molar-refractivity contribution is -0.153. The second-order valence-electron chi connectivity index (χ2n) is 6.80. The second-order valence-corrected chi connectivity index (χ2v) is 6.80. The molecule has 19 heavy (non-hydrogen) atoms. The molecule has 1 saturated heterocycles. The maximum absolute atomic E-state index is 12.2. The van der Waals surface area contributed by atoms with E-state index in [0.717, 1.165) is 25.8 Å². The number of hydrogen-bond donors (Lipinski definition) is 0. The fourth-order valence-corrected chi connectivity index (χ4v) is 3.65. The average molecular weight is 266 g/mol. The van der Waals surface area contributed by atoms with Crippen molar-refractivity contribution in [2.45, 2.75) is 45.4 Å². The molecule has 2 fully saturated rings. The van der Waals surface area contributed by atoms with Gasteiger partial charge in [-0.25, -0.2) is 0 Å². The summed E-state index contributed by atoms with van der Waals surface area (Å²) in [4.78, 5) is 28.1. The Balaban J connectivity index is 1.92. The van der Waals surface area contributed by atoms with Crippen LogP contribution in [0.2, 0.25) is 0 Å². The monoisotopic (exact) mass is 266 g/mol. The van der Waals surface area contributed by atoms with Gasteiger partial charge >= 0.3 is 0 Å². The molecule has 0 N–H and O–H groups in total. The summed E-state index contributed by atoms with van der Waals surface area (Å²) in [6, 6.07) is 0. The molecule has 0 unspecified atom stereocenters. The minimum Gasteiger partial charge on any atom is -0.309 e. The quantitative estimate of drug-likeness (QED) is 0.730. The topological polar surface area (TPSA) is 40.6 Å². The van der Waals surface area contributed by atoms with E-state index in [1.165, 1.54) is 11.3 Å². The number of likely N-dealkylation sites (tertiary alicyclic amines) is 1. The molecule has 0 radical (unpaired) electrons. The van der Waals surface area contributed by atoms with Crippen LogP contribution in [0.15, 0.2) is 0 Å². The van der Waals surface area contributed by atoms with Crippen LogP contribution in [0.4, 0.5) is 0 Å². The summed E-state index contributed by atoms with van der Waals surface area (Å²) in [6.07, 6.45) is 5.32. The molecule has 2 rings (SSSR count). The molecule has 1 aliphatic carbocycles. The average Bonchev–Trinajstić information content (AvgIpc) is 2.63. The van der Waals surface area contributed by atoms with E-state index >= 15 is 0 Å². The van der Waals surface area contributed by atoms with E-state index in [4.69, 9.17) is 0 Å². The number of hydrogen-bond acceptors (Lipinski definition) is 3. The molecule has 4 nitrogen and oxygen atoms in total. The molecule has 2 amide bonds. The van der Waals surface area contributed by atoms with Crippen LogP contribution in [0, 0.1) is 11.3 Å². The van der Waals surface area contributed by atoms with Gasteiger partial charge in [0.25, 0.3) is 0 Å². The highest BCUT2D eigenvalue weighted by Gasteiger charge is 2.46. The number of amides is 2. The summed E-state index contributed by atoms with van der Waals surface area (Å²) in [7, 11) is 4.02. The lowest BCUT2D eigenvalue weighted by Crippen LogP contribution is -2.47. The molecule has 4 heteroatoms. The molecular formula is C15H26N2O2. The van der Waals surface area contributed by atoms with Crippen LogP contribution >= 0.6 is 0 Å². The molecule has 0 aromatic carbocycles. The Morgan fingerprint density at radius 1 is 1.26 bits per heavy atom. The van der Waals surface area contributed by atoms with Gasteiger partial charge in [0.1, 0.15) is 0 Å². The largest absolute Gasteiger partial charge is 0.309 e. The minimum atomic E-state index is 0.00559. The van der Waals surface area contributed by atoms with Crippen molar-refractivity contribution < 1.29 is 9.59 Å². The Labute approximate surface area is 116 Å². The van der Waals surface area contributed by atoms with Crippen LogP contribution < -0.4 is 0 Å². The normalized spacial score (nSPS) is 26.7. The molecule has 0 aromatic rings. The predicted molar refractivity (Wildman–Crippen MR) is 74.6 cm³/mol. The first-order chi connectivity index (χ1) is 8.92. The third-order valence-corrected chi connectivity index (χ3v) is 4.59. The Morgan fingerprint density at radius 2 is 1.89 bits per heavy atom. The Bertz CT molecular complexity index is 347.